The highest BCUT2D eigenvalue weighted by Gasteiger charge is 2.12. The molecule has 1 aromatic heterocycles. The number of nitriles is 1. The van der Waals surface area contributed by atoms with Gasteiger partial charge < -0.3 is 5.11 Å². The third-order valence-corrected chi connectivity index (χ3v) is 2.70. The van der Waals surface area contributed by atoms with Crippen molar-refractivity contribution in [2.24, 2.45) is 0 Å². The van der Waals surface area contributed by atoms with Crippen molar-refractivity contribution in [3.8, 4) is 6.07 Å². The van der Waals surface area contributed by atoms with Crippen LogP contribution >= 0.6 is 11.3 Å². The second kappa shape index (κ2) is 4.12. The van der Waals surface area contributed by atoms with Gasteiger partial charge in [-0.3, -0.25) is 4.79 Å². The van der Waals surface area contributed by atoms with Gasteiger partial charge in [0, 0.05) is 0 Å². The molecule has 0 radical (unpaired) electrons. The van der Waals surface area contributed by atoms with E-state index in [4.69, 9.17) is 10.4 Å². The molecule has 0 atom stereocenters. The summed E-state index contributed by atoms with van der Waals surface area (Å²) in [5.41, 5.74) is 0.661. The number of aliphatic hydroxyl groups excluding tert-OH is 1. The smallest absolute Gasteiger partial charge is 0.205 e. The fraction of sp³-hybridized carbons (Fsp3) is 0.375. The second-order valence-corrected chi connectivity index (χ2v) is 3.53. The van der Waals surface area contributed by atoms with Crippen molar-refractivity contribution in [1.82, 2.24) is 4.98 Å². The molecule has 1 aromatic rings. The first-order valence-electron chi connectivity index (χ1n) is 3.66. The number of hydrogen-bond donors (Lipinski definition) is 1. The molecular formula is C8H8N2O2S. The van der Waals surface area contributed by atoms with Crippen LogP contribution in [0, 0.1) is 18.3 Å². The SMILES string of the molecule is Cc1nc(C(=O)CC#N)sc1CO. The Balaban J connectivity index is 2.91. The summed E-state index contributed by atoms with van der Waals surface area (Å²) in [6.45, 7) is 1.62. The van der Waals surface area contributed by atoms with E-state index in [1.807, 2.05) is 0 Å². The van der Waals surface area contributed by atoms with Gasteiger partial charge in [-0.2, -0.15) is 5.26 Å². The minimum atomic E-state index is -0.282. The van der Waals surface area contributed by atoms with Gasteiger partial charge in [0.2, 0.25) is 5.78 Å². The lowest BCUT2D eigenvalue weighted by Gasteiger charge is -1.85. The molecule has 0 aliphatic carbocycles. The van der Waals surface area contributed by atoms with Gasteiger partial charge in [-0.15, -0.1) is 11.3 Å². The van der Waals surface area contributed by atoms with Crippen LogP contribution in [-0.2, 0) is 6.61 Å². The first kappa shape index (κ1) is 9.84. The molecule has 1 N–H and O–H groups in total. The maximum Gasteiger partial charge on any atom is 0.205 e. The fourth-order valence-electron chi connectivity index (χ4n) is 0.841. The molecule has 0 amide bonds. The standard InChI is InChI=1S/C8H8N2O2S/c1-5-7(4-11)13-8(10-5)6(12)2-3-9/h11H,2,4H2,1H3. The molecule has 0 unspecified atom stereocenters. The maximum atomic E-state index is 11.2. The average molecular weight is 196 g/mol. The molecule has 0 aliphatic heterocycles. The van der Waals surface area contributed by atoms with E-state index in [-0.39, 0.29) is 18.8 Å². The lowest BCUT2D eigenvalue weighted by Crippen LogP contribution is -1.95. The molecule has 0 spiro atoms. The van der Waals surface area contributed by atoms with E-state index in [0.29, 0.717) is 15.6 Å². The van der Waals surface area contributed by atoms with Crippen molar-refractivity contribution in [1.29, 1.82) is 5.26 Å². The lowest BCUT2D eigenvalue weighted by atomic mass is 10.3. The Bertz CT molecular complexity index is 365. The van der Waals surface area contributed by atoms with E-state index in [2.05, 4.69) is 4.98 Å². The van der Waals surface area contributed by atoms with Crippen molar-refractivity contribution in [2.45, 2.75) is 20.0 Å². The number of carbonyl (C=O) groups is 1. The molecule has 1 heterocycles. The summed E-state index contributed by atoms with van der Waals surface area (Å²) in [6.07, 6.45) is -0.155. The number of hydrogen-bond acceptors (Lipinski definition) is 5. The Morgan fingerprint density at radius 3 is 2.92 bits per heavy atom. The monoisotopic (exact) mass is 196 g/mol. The Labute approximate surface area is 79.5 Å². The molecule has 1 rings (SSSR count). The third kappa shape index (κ3) is 2.11. The zero-order valence-corrected chi connectivity index (χ0v) is 7.89. The summed E-state index contributed by atoms with van der Waals surface area (Å²) >= 11 is 1.15. The van der Waals surface area contributed by atoms with Gasteiger partial charge in [-0.1, -0.05) is 0 Å². The number of aryl methyl sites for hydroxylation is 1. The molecule has 0 bridgehead atoms. The number of ketones is 1. The molecule has 5 heteroatoms. The van der Waals surface area contributed by atoms with Gasteiger partial charge in [0.15, 0.2) is 5.01 Å². The van der Waals surface area contributed by atoms with Gasteiger partial charge in [0.1, 0.15) is 6.42 Å². The van der Waals surface area contributed by atoms with Crippen LogP contribution in [0.2, 0.25) is 0 Å². The van der Waals surface area contributed by atoms with Gasteiger partial charge in [-0.25, -0.2) is 4.98 Å². The van der Waals surface area contributed by atoms with E-state index < -0.39 is 0 Å². The maximum absolute atomic E-state index is 11.2. The van der Waals surface area contributed by atoms with E-state index in [0.717, 1.165) is 11.3 Å². The summed E-state index contributed by atoms with van der Waals surface area (Å²) in [4.78, 5) is 15.8. The van der Waals surface area contributed by atoms with E-state index >= 15 is 0 Å². The first-order valence-corrected chi connectivity index (χ1v) is 4.48. The molecule has 0 aliphatic rings. The number of nitrogens with zero attached hydrogens (tertiary/aromatic N) is 2. The van der Waals surface area contributed by atoms with Crippen LogP contribution in [0.15, 0.2) is 0 Å². The number of Topliss-reactive ketones (excluding diaryl/α,β-unsaturated/α-hetero) is 1. The van der Waals surface area contributed by atoms with Crippen molar-refractivity contribution in [3.63, 3.8) is 0 Å². The highest BCUT2D eigenvalue weighted by atomic mass is 32.1. The Morgan fingerprint density at radius 1 is 1.77 bits per heavy atom. The number of rotatable bonds is 3. The lowest BCUT2D eigenvalue weighted by molar-refractivity contribution is 0.0997. The summed E-state index contributed by atoms with van der Waals surface area (Å²) in [6, 6.07) is 1.77. The van der Waals surface area contributed by atoms with Crippen molar-refractivity contribution >= 4 is 17.1 Å². The molecule has 0 saturated heterocycles. The zero-order chi connectivity index (χ0) is 9.84. The molecular weight excluding hydrogens is 188 g/mol. The molecule has 4 nitrogen and oxygen atoms in total. The number of aromatic nitrogens is 1. The predicted molar refractivity (Wildman–Crippen MR) is 47.3 cm³/mol. The van der Waals surface area contributed by atoms with Crippen LogP contribution in [0.3, 0.4) is 0 Å². The van der Waals surface area contributed by atoms with Crippen molar-refractivity contribution in [2.75, 3.05) is 0 Å². The van der Waals surface area contributed by atoms with Gasteiger partial charge >= 0.3 is 0 Å². The van der Waals surface area contributed by atoms with Crippen LogP contribution in [0.5, 0.6) is 0 Å². The van der Waals surface area contributed by atoms with Crippen molar-refractivity contribution in [3.05, 3.63) is 15.6 Å². The van der Waals surface area contributed by atoms with Crippen LogP contribution in [-0.4, -0.2) is 15.9 Å². The summed E-state index contributed by atoms with van der Waals surface area (Å²) < 4.78 is 0. The van der Waals surface area contributed by atoms with E-state index in [1.165, 1.54) is 0 Å². The van der Waals surface area contributed by atoms with Gasteiger partial charge in [0.05, 0.1) is 23.2 Å². The van der Waals surface area contributed by atoms with Crippen LogP contribution in [0.1, 0.15) is 26.8 Å². The Kier molecular flexibility index (Phi) is 3.12. The van der Waals surface area contributed by atoms with Gasteiger partial charge in [0.25, 0.3) is 0 Å². The topological polar surface area (TPSA) is 74.0 Å². The van der Waals surface area contributed by atoms with Gasteiger partial charge in [-0.05, 0) is 6.92 Å². The Morgan fingerprint density at radius 2 is 2.46 bits per heavy atom. The molecule has 68 valence electrons. The normalized spacial score (nSPS) is 9.62. The number of thiazole rings is 1. The zero-order valence-electron chi connectivity index (χ0n) is 7.07. The van der Waals surface area contributed by atoms with Crippen LogP contribution in [0.4, 0.5) is 0 Å². The molecule has 0 aromatic carbocycles. The molecule has 13 heavy (non-hydrogen) atoms. The number of carbonyl (C=O) groups excluding carboxylic acids is 1. The highest BCUT2D eigenvalue weighted by molar-refractivity contribution is 7.13. The van der Waals surface area contributed by atoms with Crippen LogP contribution in [0.25, 0.3) is 0 Å². The highest BCUT2D eigenvalue weighted by Crippen LogP contribution is 2.18. The summed E-state index contributed by atoms with van der Waals surface area (Å²) in [5.74, 6) is -0.282. The summed E-state index contributed by atoms with van der Waals surface area (Å²) in [7, 11) is 0. The molecule has 0 saturated carbocycles. The van der Waals surface area contributed by atoms with E-state index in [1.54, 1.807) is 13.0 Å². The minimum Gasteiger partial charge on any atom is -0.391 e. The Hall–Kier alpha value is -1.25. The number of aliphatic hydroxyl groups is 1. The minimum absolute atomic E-state index is 0.108. The molecule has 0 fully saturated rings. The third-order valence-electron chi connectivity index (χ3n) is 1.51. The first-order chi connectivity index (χ1) is 6.19. The fourth-order valence-corrected chi connectivity index (χ4v) is 1.70. The predicted octanol–water partition coefficient (Wildman–Crippen LogP) is 1.04. The second-order valence-electron chi connectivity index (χ2n) is 2.44. The van der Waals surface area contributed by atoms with Crippen LogP contribution < -0.4 is 0 Å². The largest absolute Gasteiger partial charge is 0.391 e. The van der Waals surface area contributed by atoms with Crippen molar-refractivity contribution < 1.29 is 9.90 Å². The average Bonchev–Trinajstić information content (AvgIpc) is 2.47. The quantitative estimate of drug-likeness (QED) is 0.733. The summed E-state index contributed by atoms with van der Waals surface area (Å²) in [5, 5.41) is 17.4. The van der Waals surface area contributed by atoms with E-state index in [9.17, 15) is 4.79 Å².